The van der Waals surface area contributed by atoms with Gasteiger partial charge in [-0.2, -0.15) is 0 Å². The van der Waals surface area contributed by atoms with E-state index in [0.717, 1.165) is 6.29 Å². The molecule has 0 aromatic heterocycles. The Labute approximate surface area is 54.6 Å². The average molecular weight is 126 g/mol. The highest BCUT2D eigenvalue weighted by Crippen LogP contribution is 1.90. The second-order valence-corrected chi connectivity index (χ2v) is 1.97. The quantitative estimate of drug-likeness (QED) is 0.419. The molecule has 0 bridgehead atoms. The van der Waals surface area contributed by atoms with Crippen molar-refractivity contribution in [2.75, 3.05) is 0 Å². The monoisotopic (exact) mass is 126 g/mol. The largest absolute Gasteiger partial charge is 0.300 e. The van der Waals surface area contributed by atoms with Crippen LogP contribution in [-0.2, 0) is 9.59 Å². The van der Waals surface area contributed by atoms with E-state index in [0.29, 0.717) is 12.0 Å². The van der Waals surface area contributed by atoms with Gasteiger partial charge in [-0.15, -0.1) is 0 Å². The molecule has 0 saturated carbocycles. The van der Waals surface area contributed by atoms with Gasteiger partial charge in [-0.05, 0) is 19.4 Å². The number of carbonyl (C=O) groups excluding carboxylic acids is 2. The number of carbonyl (C=O) groups is 2. The minimum Gasteiger partial charge on any atom is -0.300 e. The maximum Gasteiger partial charge on any atom is 0.145 e. The van der Waals surface area contributed by atoms with E-state index in [1.165, 1.54) is 6.92 Å². The molecule has 0 aliphatic heterocycles. The molecule has 0 heterocycles. The molecular weight excluding hydrogens is 116 g/mol. The highest BCUT2D eigenvalue weighted by atomic mass is 16.1. The summed E-state index contributed by atoms with van der Waals surface area (Å²) in [6.07, 6.45) is 2.73. The molecule has 2 nitrogen and oxygen atoms in total. The standard InChI is InChI=1S/C7H10O2/c1-6(5-8)3-4-7(2)9/h3,5H,4H2,1-2H3/b6-3-. The fourth-order valence-corrected chi connectivity index (χ4v) is 0.353. The molecular formula is C7H10O2. The van der Waals surface area contributed by atoms with Gasteiger partial charge in [0.25, 0.3) is 0 Å². The van der Waals surface area contributed by atoms with Gasteiger partial charge < -0.3 is 0 Å². The molecule has 0 fully saturated rings. The topological polar surface area (TPSA) is 34.1 Å². The zero-order chi connectivity index (χ0) is 7.28. The Hall–Kier alpha value is -0.920. The molecule has 0 rings (SSSR count). The summed E-state index contributed by atoms with van der Waals surface area (Å²) < 4.78 is 0. The summed E-state index contributed by atoms with van der Waals surface area (Å²) in [4.78, 5) is 20.2. The summed E-state index contributed by atoms with van der Waals surface area (Å²) in [5.74, 6) is 0.0798. The Balaban J connectivity index is 3.69. The van der Waals surface area contributed by atoms with Crippen molar-refractivity contribution in [1.82, 2.24) is 0 Å². The summed E-state index contributed by atoms with van der Waals surface area (Å²) in [5, 5.41) is 0. The van der Waals surface area contributed by atoms with Crippen molar-refractivity contribution in [3.63, 3.8) is 0 Å². The first-order valence-electron chi connectivity index (χ1n) is 2.78. The van der Waals surface area contributed by atoms with Gasteiger partial charge in [-0.1, -0.05) is 6.08 Å². The van der Waals surface area contributed by atoms with Crippen LogP contribution in [0.1, 0.15) is 20.3 Å². The molecule has 0 aromatic rings. The predicted molar refractivity (Wildman–Crippen MR) is 35.1 cm³/mol. The molecule has 9 heavy (non-hydrogen) atoms. The molecule has 0 radical (unpaired) electrons. The summed E-state index contributed by atoms with van der Waals surface area (Å²) in [7, 11) is 0. The fraction of sp³-hybridized carbons (Fsp3) is 0.429. The SMILES string of the molecule is CC(=O)C/C=C(/C)C=O. The first-order chi connectivity index (χ1) is 4.16. The number of hydrogen-bond donors (Lipinski definition) is 0. The zero-order valence-electron chi connectivity index (χ0n) is 5.68. The minimum atomic E-state index is 0.0798. The third kappa shape index (κ3) is 4.94. The van der Waals surface area contributed by atoms with Crippen molar-refractivity contribution >= 4 is 12.1 Å². The maximum absolute atomic E-state index is 10.3. The van der Waals surface area contributed by atoms with Crippen LogP contribution in [0.5, 0.6) is 0 Å². The smallest absolute Gasteiger partial charge is 0.145 e. The number of allylic oxidation sites excluding steroid dienone is 2. The Morgan fingerprint density at radius 2 is 2.00 bits per heavy atom. The molecule has 0 aliphatic rings. The van der Waals surface area contributed by atoms with E-state index in [1.807, 2.05) is 0 Å². The lowest BCUT2D eigenvalue weighted by Crippen LogP contribution is -1.86. The van der Waals surface area contributed by atoms with E-state index in [9.17, 15) is 9.59 Å². The Bertz CT molecular complexity index is 145. The molecule has 0 aliphatic carbocycles. The Kier molecular flexibility index (Phi) is 3.60. The van der Waals surface area contributed by atoms with Crippen LogP contribution in [0.3, 0.4) is 0 Å². The molecule has 0 unspecified atom stereocenters. The van der Waals surface area contributed by atoms with Crippen molar-refractivity contribution in [2.45, 2.75) is 20.3 Å². The first kappa shape index (κ1) is 8.08. The van der Waals surface area contributed by atoms with Gasteiger partial charge in [0.1, 0.15) is 12.1 Å². The van der Waals surface area contributed by atoms with Crippen molar-refractivity contribution in [3.8, 4) is 0 Å². The summed E-state index contributed by atoms with van der Waals surface area (Å²) in [6, 6.07) is 0. The van der Waals surface area contributed by atoms with Crippen LogP contribution < -0.4 is 0 Å². The normalized spacial score (nSPS) is 11.1. The molecule has 0 atom stereocenters. The minimum absolute atomic E-state index is 0.0798. The summed E-state index contributed by atoms with van der Waals surface area (Å²) in [6.45, 7) is 3.17. The van der Waals surface area contributed by atoms with Crippen LogP contribution in [0, 0.1) is 0 Å². The lowest BCUT2D eigenvalue weighted by Gasteiger charge is -1.84. The number of rotatable bonds is 3. The van der Waals surface area contributed by atoms with Crippen molar-refractivity contribution < 1.29 is 9.59 Å². The van der Waals surface area contributed by atoms with E-state index in [2.05, 4.69) is 0 Å². The van der Waals surface area contributed by atoms with Crippen LogP contribution in [0.2, 0.25) is 0 Å². The molecule has 50 valence electrons. The van der Waals surface area contributed by atoms with Gasteiger partial charge in [0.2, 0.25) is 0 Å². The van der Waals surface area contributed by atoms with Crippen LogP contribution >= 0.6 is 0 Å². The van der Waals surface area contributed by atoms with Gasteiger partial charge in [-0.25, -0.2) is 0 Å². The molecule has 0 N–H and O–H groups in total. The summed E-state index contributed by atoms with van der Waals surface area (Å²) in [5.41, 5.74) is 0.616. The Morgan fingerprint density at radius 1 is 1.44 bits per heavy atom. The fourth-order valence-electron chi connectivity index (χ4n) is 0.353. The average Bonchev–Trinajstić information content (AvgIpc) is 1.83. The first-order valence-corrected chi connectivity index (χ1v) is 2.78. The highest BCUT2D eigenvalue weighted by molar-refractivity contribution is 5.79. The second kappa shape index (κ2) is 4.01. The van der Waals surface area contributed by atoms with E-state index in [4.69, 9.17) is 0 Å². The van der Waals surface area contributed by atoms with Gasteiger partial charge in [0.05, 0.1) is 0 Å². The van der Waals surface area contributed by atoms with Gasteiger partial charge in [0.15, 0.2) is 0 Å². The van der Waals surface area contributed by atoms with Gasteiger partial charge in [0, 0.05) is 6.42 Å². The molecule has 0 amide bonds. The van der Waals surface area contributed by atoms with Crippen molar-refractivity contribution in [1.29, 1.82) is 0 Å². The van der Waals surface area contributed by atoms with E-state index >= 15 is 0 Å². The van der Waals surface area contributed by atoms with Crippen LogP contribution in [-0.4, -0.2) is 12.1 Å². The predicted octanol–water partition coefficient (Wildman–Crippen LogP) is 1.11. The number of hydrogen-bond acceptors (Lipinski definition) is 2. The molecule has 0 spiro atoms. The lowest BCUT2D eigenvalue weighted by atomic mass is 10.2. The highest BCUT2D eigenvalue weighted by Gasteiger charge is 1.88. The van der Waals surface area contributed by atoms with Crippen molar-refractivity contribution in [2.24, 2.45) is 0 Å². The second-order valence-electron chi connectivity index (χ2n) is 1.97. The number of Topliss-reactive ketones (excluding diaryl/α,β-unsaturated/α-hetero) is 1. The van der Waals surface area contributed by atoms with Crippen LogP contribution in [0.15, 0.2) is 11.6 Å². The Morgan fingerprint density at radius 3 is 2.33 bits per heavy atom. The zero-order valence-corrected chi connectivity index (χ0v) is 5.68. The van der Waals surface area contributed by atoms with Crippen LogP contribution in [0.25, 0.3) is 0 Å². The third-order valence-electron chi connectivity index (χ3n) is 0.897. The third-order valence-corrected chi connectivity index (χ3v) is 0.897. The van der Waals surface area contributed by atoms with E-state index < -0.39 is 0 Å². The van der Waals surface area contributed by atoms with E-state index in [1.54, 1.807) is 13.0 Å². The van der Waals surface area contributed by atoms with E-state index in [-0.39, 0.29) is 5.78 Å². The molecule has 0 aromatic carbocycles. The van der Waals surface area contributed by atoms with Crippen LogP contribution in [0.4, 0.5) is 0 Å². The molecule has 0 saturated heterocycles. The molecule has 2 heteroatoms. The lowest BCUT2D eigenvalue weighted by molar-refractivity contribution is -0.116. The van der Waals surface area contributed by atoms with Gasteiger partial charge in [-0.3, -0.25) is 9.59 Å². The van der Waals surface area contributed by atoms with Crippen molar-refractivity contribution in [3.05, 3.63) is 11.6 Å². The van der Waals surface area contributed by atoms with Gasteiger partial charge >= 0.3 is 0 Å². The number of aldehydes is 1. The maximum atomic E-state index is 10.3. The summed E-state index contributed by atoms with van der Waals surface area (Å²) >= 11 is 0. The number of ketones is 1.